The predicted molar refractivity (Wildman–Crippen MR) is 69.8 cm³/mol. The van der Waals surface area contributed by atoms with E-state index < -0.39 is 0 Å². The zero-order chi connectivity index (χ0) is 12.8. The number of piperidine rings is 1. The molecular formula is C14H21NO3. The number of phenols is 1. The lowest BCUT2D eigenvalue weighted by molar-refractivity contribution is 0.100. The molecule has 1 atom stereocenters. The van der Waals surface area contributed by atoms with Gasteiger partial charge in [-0.15, -0.1) is 0 Å². The topological polar surface area (TPSA) is 61.7 Å². The van der Waals surface area contributed by atoms with E-state index in [-0.39, 0.29) is 18.3 Å². The zero-order valence-corrected chi connectivity index (χ0v) is 10.5. The van der Waals surface area contributed by atoms with Crippen LogP contribution in [0.3, 0.4) is 0 Å². The number of hydrogen-bond donors (Lipinski definition) is 3. The molecule has 1 aliphatic rings. The van der Waals surface area contributed by atoms with E-state index in [4.69, 9.17) is 4.74 Å². The Balaban J connectivity index is 1.88. The summed E-state index contributed by atoms with van der Waals surface area (Å²) in [4.78, 5) is 0. The van der Waals surface area contributed by atoms with Gasteiger partial charge in [0.25, 0.3) is 0 Å². The highest BCUT2D eigenvalue weighted by atomic mass is 16.5. The summed E-state index contributed by atoms with van der Waals surface area (Å²) in [5, 5.41) is 22.4. The molecule has 18 heavy (non-hydrogen) atoms. The summed E-state index contributed by atoms with van der Waals surface area (Å²) in [6, 6.07) is 6.94. The van der Waals surface area contributed by atoms with Crippen molar-refractivity contribution in [2.75, 3.05) is 26.3 Å². The molecular weight excluding hydrogens is 230 g/mol. The van der Waals surface area contributed by atoms with Crippen molar-refractivity contribution < 1.29 is 14.9 Å². The highest BCUT2D eigenvalue weighted by Crippen LogP contribution is 2.27. The van der Waals surface area contributed by atoms with Gasteiger partial charge in [0.05, 0.1) is 6.61 Å². The van der Waals surface area contributed by atoms with Gasteiger partial charge in [-0.3, -0.25) is 0 Å². The number of aliphatic hydroxyl groups is 1. The van der Waals surface area contributed by atoms with Crippen LogP contribution in [0.4, 0.5) is 0 Å². The van der Waals surface area contributed by atoms with Gasteiger partial charge in [-0.05, 0) is 44.0 Å². The second kappa shape index (κ2) is 6.61. The molecule has 1 saturated heterocycles. The molecule has 0 spiro atoms. The second-order valence-corrected chi connectivity index (χ2v) is 4.81. The Bertz CT molecular complexity index is 364. The number of para-hydroxylation sites is 2. The van der Waals surface area contributed by atoms with Crippen molar-refractivity contribution in [3.63, 3.8) is 0 Å². The highest BCUT2D eigenvalue weighted by Gasteiger charge is 2.23. The quantitative estimate of drug-likeness (QED) is 0.740. The Morgan fingerprint density at radius 1 is 1.28 bits per heavy atom. The predicted octanol–water partition coefficient (Wildman–Crippen LogP) is 1.38. The lowest BCUT2D eigenvalue weighted by Gasteiger charge is -2.29. The van der Waals surface area contributed by atoms with Crippen molar-refractivity contribution in [1.82, 2.24) is 5.32 Å². The van der Waals surface area contributed by atoms with E-state index in [1.54, 1.807) is 18.2 Å². The molecule has 100 valence electrons. The molecule has 0 bridgehead atoms. The van der Waals surface area contributed by atoms with Crippen LogP contribution in [-0.4, -0.2) is 36.5 Å². The molecule has 2 rings (SSSR count). The van der Waals surface area contributed by atoms with Crippen molar-refractivity contribution in [2.45, 2.75) is 12.8 Å². The van der Waals surface area contributed by atoms with Gasteiger partial charge in [-0.25, -0.2) is 0 Å². The Morgan fingerprint density at radius 3 is 2.67 bits per heavy atom. The monoisotopic (exact) mass is 251 g/mol. The van der Waals surface area contributed by atoms with Crippen LogP contribution >= 0.6 is 0 Å². The van der Waals surface area contributed by atoms with Crippen LogP contribution < -0.4 is 10.1 Å². The first kappa shape index (κ1) is 13.2. The van der Waals surface area contributed by atoms with E-state index >= 15 is 0 Å². The molecule has 0 saturated carbocycles. The Morgan fingerprint density at radius 2 is 2.00 bits per heavy atom. The van der Waals surface area contributed by atoms with Gasteiger partial charge in [-0.1, -0.05) is 12.1 Å². The summed E-state index contributed by atoms with van der Waals surface area (Å²) >= 11 is 0. The van der Waals surface area contributed by atoms with Crippen LogP contribution in [0.2, 0.25) is 0 Å². The minimum Gasteiger partial charge on any atom is -0.504 e. The molecule has 4 heteroatoms. The number of phenolic OH excluding ortho intramolecular Hbond substituents is 1. The van der Waals surface area contributed by atoms with E-state index in [1.165, 1.54) is 0 Å². The Hall–Kier alpha value is -1.26. The molecule has 0 radical (unpaired) electrons. The van der Waals surface area contributed by atoms with E-state index in [9.17, 15) is 10.2 Å². The smallest absolute Gasteiger partial charge is 0.160 e. The van der Waals surface area contributed by atoms with Crippen LogP contribution in [0, 0.1) is 11.8 Å². The molecule has 4 nitrogen and oxygen atoms in total. The number of aromatic hydroxyl groups is 1. The summed E-state index contributed by atoms with van der Waals surface area (Å²) in [5.41, 5.74) is 0. The molecule has 1 fully saturated rings. The minimum absolute atomic E-state index is 0.137. The van der Waals surface area contributed by atoms with Crippen LogP contribution in [-0.2, 0) is 0 Å². The van der Waals surface area contributed by atoms with Crippen LogP contribution in [0.15, 0.2) is 24.3 Å². The summed E-state index contributed by atoms with van der Waals surface area (Å²) in [7, 11) is 0. The first-order valence-electron chi connectivity index (χ1n) is 6.53. The molecule has 1 heterocycles. The fourth-order valence-corrected chi connectivity index (χ4v) is 2.43. The maximum absolute atomic E-state index is 9.61. The minimum atomic E-state index is 0.137. The Labute approximate surface area is 108 Å². The average Bonchev–Trinajstić information content (AvgIpc) is 2.42. The summed E-state index contributed by atoms with van der Waals surface area (Å²) in [6.07, 6.45) is 2.16. The van der Waals surface area contributed by atoms with Gasteiger partial charge in [-0.2, -0.15) is 0 Å². The first-order valence-corrected chi connectivity index (χ1v) is 6.53. The third-order valence-corrected chi connectivity index (χ3v) is 3.60. The van der Waals surface area contributed by atoms with Crippen molar-refractivity contribution >= 4 is 0 Å². The molecule has 0 aromatic heterocycles. The lowest BCUT2D eigenvalue weighted by atomic mass is 9.86. The molecule has 0 amide bonds. The summed E-state index contributed by atoms with van der Waals surface area (Å²) in [5.74, 6) is 1.29. The van der Waals surface area contributed by atoms with Gasteiger partial charge < -0.3 is 20.3 Å². The molecule has 1 aliphatic heterocycles. The second-order valence-electron chi connectivity index (χ2n) is 4.81. The van der Waals surface area contributed by atoms with Crippen LogP contribution in [0.5, 0.6) is 11.5 Å². The molecule has 1 unspecified atom stereocenters. The van der Waals surface area contributed by atoms with Crippen molar-refractivity contribution in [2.24, 2.45) is 11.8 Å². The molecule has 1 aromatic rings. The number of nitrogens with one attached hydrogen (secondary N) is 1. The van der Waals surface area contributed by atoms with E-state index in [0.29, 0.717) is 18.3 Å². The maximum Gasteiger partial charge on any atom is 0.160 e. The number of rotatable bonds is 5. The van der Waals surface area contributed by atoms with E-state index in [1.807, 2.05) is 6.07 Å². The van der Waals surface area contributed by atoms with Crippen molar-refractivity contribution in [3.05, 3.63) is 24.3 Å². The molecule has 0 aliphatic carbocycles. The fraction of sp³-hybridized carbons (Fsp3) is 0.571. The summed E-state index contributed by atoms with van der Waals surface area (Å²) in [6.45, 7) is 2.62. The highest BCUT2D eigenvalue weighted by molar-refractivity contribution is 5.37. The van der Waals surface area contributed by atoms with Gasteiger partial charge in [0, 0.05) is 12.5 Å². The third kappa shape index (κ3) is 3.37. The first-order chi connectivity index (χ1) is 8.81. The summed E-state index contributed by atoms with van der Waals surface area (Å²) < 4.78 is 5.61. The van der Waals surface area contributed by atoms with Crippen LogP contribution in [0.1, 0.15) is 12.8 Å². The fourth-order valence-electron chi connectivity index (χ4n) is 2.43. The van der Waals surface area contributed by atoms with Gasteiger partial charge in [0.1, 0.15) is 0 Å². The van der Waals surface area contributed by atoms with Crippen LogP contribution in [0.25, 0.3) is 0 Å². The Kier molecular flexibility index (Phi) is 4.84. The normalized spacial score (nSPS) is 18.5. The molecule has 1 aromatic carbocycles. The number of ether oxygens (including phenoxy) is 1. The lowest BCUT2D eigenvalue weighted by Crippen LogP contribution is -2.35. The SMILES string of the molecule is OCC(COc1ccccc1O)C1CCNCC1. The number of benzene rings is 1. The standard InChI is InChI=1S/C14H21NO3/c16-9-12(11-5-7-15-8-6-11)10-18-14-4-2-1-3-13(14)17/h1-4,11-12,15-17H,5-10H2. The largest absolute Gasteiger partial charge is 0.504 e. The van der Waals surface area contributed by atoms with E-state index in [2.05, 4.69) is 5.32 Å². The van der Waals surface area contributed by atoms with Crippen molar-refractivity contribution in [3.8, 4) is 11.5 Å². The van der Waals surface area contributed by atoms with Gasteiger partial charge in [0.15, 0.2) is 11.5 Å². The maximum atomic E-state index is 9.61. The van der Waals surface area contributed by atoms with Gasteiger partial charge in [0.2, 0.25) is 0 Å². The third-order valence-electron chi connectivity index (χ3n) is 3.60. The molecule has 3 N–H and O–H groups in total. The number of aliphatic hydroxyl groups excluding tert-OH is 1. The van der Waals surface area contributed by atoms with Crippen molar-refractivity contribution in [1.29, 1.82) is 0 Å². The zero-order valence-electron chi connectivity index (χ0n) is 10.5. The average molecular weight is 251 g/mol. The number of hydrogen-bond acceptors (Lipinski definition) is 4. The van der Waals surface area contributed by atoms with Gasteiger partial charge >= 0.3 is 0 Å². The van der Waals surface area contributed by atoms with E-state index in [0.717, 1.165) is 25.9 Å².